The van der Waals surface area contributed by atoms with E-state index in [0.717, 1.165) is 43.9 Å². The SMILES string of the molecule is C=CCc1cccc(C=NN2CCN(Cc3ccc(C)cc3)CC2)c1O. The fourth-order valence-electron chi connectivity index (χ4n) is 3.14. The molecule has 1 aliphatic rings. The van der Waals surface area contributed by atoms with Crippen LogP contribution in [0.5, 0.6) is 5.75 Å². The summed E-state index contributed by atoms with van der Waals surface area (Å²) in [5, 5.41) is 16.9. The van der Waals surface area contributed by atoms with E-state index in [0.29, 0.717) is 12.2 Å². The third-order valence-electron chi connectivity index (χ3n) is 4.75. The number of hydrogen-bond acceptors (Lipinski definition) is 4. The normalized spacial score (nSPS) is 15.5. The smallest absolute Gasteiger partial charge is 0.127 e. The Balaban J connectivity index is 1.54. The summed E-state index contributed by atoms with van der Waals surface area (Å²) in [5.41, 5.74) is 4.29. The lowest BCUT2D eigenvalue weighted by atomic mass is 10.1. The highest BCUT2D eigenvalue weighted by molar-refractivity contribution is 5.83. The highest BCUT2D eigenvalue weighted by Gasteiger charge is 2.15. The van der Waals surface area contributed by atoms with Crippen molar-refractivity contribution in [2.24, 2.45) is 5.10 Å². The Morgan fingerprint density at radius 3 is 2.50 bits per heavy atom. The number of hydrazone groups is 1. The van der Waals surface area contributed by atoms with Gasteiger partial charge < -0.3 is 5.11 Å². The molecule has 0 atom stereocenters. The number of para-hydroxylation sites is 1. The van der Waals surface area contributed by atoms with E-state index in [1.807, 2.05) is 18.2 Å². The van der Waals surface area contributed by atoms with Crippen LogP contribution in [0.25, 0.3) is 0 Å². The second kappa shape index (κ2) is 8.68. The number of rotatable bonds is 6. The van der Waals surface area contributed by atoms with Gasteiger partial charge in [-0.1, -0.05) is 48.0 Å². The number of phenolic OH excluding ortho intramolecular Hbond substituents is 1. The van der Waals surface area contributed by atoms with Crippen molar-refractivity contribution in [3.8, 4) is 5.75 Å². The van der Waals surface area contributed by atoms with Gasteiger partial charge in [0, 0.05) is 38.3 Å². The number of aryl methyl sites for hydroxylation is 1. The van der Waals surface area contributed by atoms with E-state index in [-0.39, 0.29) is 0 Å². The minimum atomic E-state index is 0.300. The van der Waals surface area contributed by atoms with Gasteiger partial charge in [0.05, 0.1) is 6.21 Å². The molecule has 1 N–H and O–H groups in total. The van der Waals surface area contributed by atoms with Crippen LogP contribution < -0.4 is 0 Å². The maximum atomic E-state index is 10.3. The zero-order valence-corrected chi connectivity index (χ0v) is 15.4. The Morgan fingerprint density at radius 1 is 1.08 bits per heavy atom. The zero-order valence-electron chi connectivity index (χ0n) is 15.4. The van der Waals surface area contributed by atoms with Gasteiger partial charge in [-0.05, 0) is 30.5 Å². The van der Waals surface area contributed by atoms with Gasteiger partial charge in [0.25, 0.3) is 0 Å². The Bertz CT molecular complexity index is 759. The molecule has 3 rings (SSSR count). The van der Waals surface area contributed by atoms with Gasteiger partial charge in [-0.2, -0.15) is 5.10 Å². The first-order chi connectivity index (χ1) is 12.7. The number of hydrogen-bond donors (Lipinski definition) is 1. The monoisotopic (exact) mass is 349 g/mol. The van der Waals surface area contributed by atoms with Crippen molar-refractivity contribution in [3.05, 3.63) is 77.4 Å². The maximum absolute atomic E-state index is 10.3. The van der Waals surface area contributed by atoms with Gasteiger partial charge in [0.2, 0.25) is 0 Å². The molecule has 1 saturated heterocycles. The summed E-state index contributed by atoms with van der Waals surface area (Å²) in [7, 11) is 0. The third kappa shape index (κ3) is 4.73. The van der Waals surface area contributed by atoms with Crippen molar-refractivity contribution in [2.45, 2.75) is 19.9 Å². The van der Waals surface area contributed by atoms with E-state index >= 15 is 0 Å². The van der Waals surface area contributed by atoms with Crippen LogP contribution in [0.4, 0.5) is 0 Å². The highest BCUT2D eigenvalue weighted by Crippen LogP contribution is 2.22. The van der Waals surface area contributed by atoms with Gasteiger partial charge in [-0.3, -0.25) is 9.91 Å². The Morgan fingerprint density at radius 2 is 1.81 bits per heavy atom. The summed E-state index contributed by atoms with van der Waals surface area (Å²) in [6.45, 7) is 10.6. The molecule has 0 unspecified atom stereocenters. The van der Waals surface area contributed by atoms with Crippen LogP contribution in [-0.2, 0) is 13.0 Å². The molecular weight excluding hydrogens is 322 g/mol. The van der Waals surface area contributed by atoms with Crippen LogP contribution in [0.1, 0.15) is 22.3 Å². The minimum absolute atomic E-state index is 0.300. The molecule has 0 saturated carbocycles. The molecule has 1 fully saturated rings. The van der Waals surface area contributed by atoms with E-state index < -0.39 is 0 Å². The summed E-state index contributed by atoms with van der Waals surface area (Å²) < 4.78 is 0. The Labute approximate surface area is 156 Å². The second-order valence-electron chi connectivity index (χ2n) is 6.81. The molecule has 0 radical (unpaired) electrons. The maximum Gasteiger partial charge on any atom is 0.127 e. The lowest BCUT2D eigenvalue weighted by Crippen LogP contribution is -2.43. The fourth-order valence-corrected chi connectivity index (χ4v) is 3.14. The van der Waals surface area contributed by atoms with E-state index in [9.17, 15) is 5.11 Å². The molecule has 0 amide bonds. The fraction of sp³-hybridized carbons (Fsp3) is 0.318. The summed E-state index contributed by atoms with van der Waals surface area (Å²) >= 11 is 0. The van der Waals surface area contributed by atoms with Crippen LogP contribution in [0.15, 0.2) is 60.2 Å². The summed E-state index contributed by atoms with van der Waals surface area (Å²) in [6, 6.07) is 14.5. The first-order valence-electron chi connectivity index (χ1n) is 9.14. The van der Waals surface area contributed by atoms with Crippen molar-refractivity contribution in [3.63, 3.8) is 0 Å². The number of benzene rings is 2. The van der Waals surface area contributed by atoms with Crippen LogP contribution in [-0.4, -0.2) is 47.4 Å². The average Bonchev–Trinajstić information content (AvgIpc) is 2.66. The predicted molar refractivity (Wildman–Crippen MR) is 108 cm³/mol. The van der Waals surface area contributed by atoms with Crippen molar-refractivity contribution in [1.82, 2.24) is 9.91 Å². The quantitative estimate of drug-likeness (QED) is 0.640. The highest BCUT2D eigenvalue weighted by atomic mass is 16.3. The molecule has 1 aliphatic heterocycles. The average molecular weight is 349 g/mol. The Hall–Kier alpha value is -2.59. The molecular formula is C22H27N3O. The van der Waals surface area contributed by atoms with Gasteiger partial charge in [-0.15, -0.1) is 6.58 Å². The van der Waals surface area contributed by atoms with Crippen molar-refractivity contribution < 1.29 is 5.11 Å². The van der Waals surface area contributed by atoms with E-state index in [2.05, 4.69) is 52.8 Å². The predicted octanol–water partition coefficient (Wildman–Crippen LogP) is 3.58. The molecule has 2 aromatic rings. The third-order valence-corrected chi connectivity index (χ3v) is 4.75. The molecule has 136 valence electrons. The first kappa shape index (κ1) is 18.2. The van der Waals surface area contributed by atoms with Crippen LogP contribution in [0, 0.1) is 6.92 Å². The molecule has 26 heavy (non-hydrogen) atoms. The molecule has 0 aromatic heterocycles. The second-order valence-corrected chi connectivity index (χ2v) is 6.81. The lowest BCUT2D eigenvalue weighted by Gasteiger charge is -2.33. The minimum Gasteiger partial charge on any atom is -0.507 e. The molecule has 4 heteroatoms. The number of aromatic hydroxyl groups is 1. The number of nitrogens with zero attached hydrogens (tertiary/aromatic N) is 3. The summed E-state index contributed by atoms with van der Waals surface area (Å²) in [5.74, 6) is 0.300. The number of allylic oxidation sites excluding steroid dienone is 1. The van der Waals surface area contributed by atoms with Gasteiger partial charge in [0.15, 0.2) is 0 Å². The van der Waals surface area contributed by atoms with Crippen LogP contribution in [0.3, 0.4) is 0 Å². The molecule has 2 aromatic carbocycles. The van der Waals surface area contributed by atoms with E-state index in [1.165, 1.54) is 11.1 Å². The van der Waals surface area contributed by atoms with E-state index in [1.54, 1.807) is 12.3 Å². The first-order valence-corrected chi connectivity index (χ1v) is 9.14. The van der Waals surface area contributed by atoms with Gasteiger partial charge >= 0.3 is 0 Å². The molecule has 4 nitrogen and oxygen atoms in total. The molecule has 1 heterocycles. The Kier molecular flexibility index (Phi) is 6.08. The largest absolute Gasteiger partial charge is 0.507 e. The van der Waals surface area contributed by atoms with Gasteiger partial charge in [-0.25, -0.2) is 0 Å². The van der Waals surface area contributed by atoms with Gasteiger partial charge in [0.1, 0.15) is 5.75 Å². The summed E-state index contributed by atoms with van der Waals surface area (Å²) in [6.07, 6.45) is 4.21. The molecule has 0 spiro atoms. The number of piperazine rings is 1. The van der Waals surface area contributed by atoms with E-state index in [4.69, 9.17) is 0 Å². The molecule has 0 aliphatic carbocycles. The van der Waals surface area contributed by atoms with Crippen LogP contribution in [0.2, 0.25) is 0 Å². The topological polar surface area (TPSA) is 39.1 Å². The zero-order chi connectivity index (χ0) is 18.4. The van der Waals surface area contributed by atoms with Crippen molar-refractivity contribution in [1.29, 1.82) is 0 Å². The van der Waals surface area contributed by atoms with Crippen molar-refractivity contribution >= 4 is 6.21 Å². The van der Waals surface area contributed by atoms with Crippen molar-refractivity contribution in [2.75, 3.05) is 26.2 Å². The lowest BCUT2D eigenvalue weighted by molar-refractivity contribution is 0.131. The van der Waals surface area contributed by atoms with Crippen LogP contribution >= 0.6 is 0 Å². The number of phenols is 1. The molecule has 0 bridgehead atoms. The summed E-state index contributed by atoms with van der Waals surface area (Å²) in [4.78, 5) is 2.46. The standard InChI is InChI=1S/C22H27N3O/c1-3-5-20-6-4-7-21(22(20)26)16-23-25-14-12-24(13-15-25)17-19-10-8-18(2)9-11-19/h3-4,6-11,16,26H,1,5,12-15,17H2,2H3.